The molecule has 192 valence electrons. The number of alkyl halides is 6. The average Bonchev–Trinajstić information content (AvgIpc) is 2.85. The Kier molecular flexibility index (Phi) is 6.81. The second-order valence-corrected chi connectivity index (χ2v) is 8.36. The number of anilines is 1. The van der Waals surface area contributed by atoms with Crippen LogP contribution in [0.15, 0.2) is 78.9 Å². The molecule has 5 nitrogen and oxygen atoms in total. The molecule has 4 rings (SSSR count). The molecule has 0 radical (unpaired) electrons. The Morgan fingerprint density at radius 2 is 1.11 bits per heavy atom. The van der Waals surface area contributed by atoms with Crippen molar-refractivity contribution in [2.75, 3.05) is 4.90 Å². The van der Waals surface area contributed by atoms with Crippen LogP contribution in [0.4, 0.5) is 36.8 Å². The topological polar surface area (TPSA) is 57.7 Å². The predicted molar refractivity (Wildman–Crippen MR) is 120 cm³/mol. The third kappa shape index (κ3) is 5.50. The molecule has 1 atom stereocenters. The van der Waals surface area contributed by atoms with E-state index in [1.165, 1.54) is 12.1 Å². The van der Waals surface area contributed by atoms with Crippen molar-refractivity contribution in [2.45, 2.75) is 25.3 Å². The lowest BCUT2D eigenvalue weighted by molar-refractivity contribution is -0.142. The van der Waals surface area contributed by atoms with Crippen molar-refractivity contribution in [1.29, 1.82) is 0 Å². The number of carbonyl (C=O) groups is 3. The molecule has 0 aliphatic carbocycles. The first-order valence-corrected chi connectivity index (χ1v) is 10.9. The van der Waals surface area contributed by atoms with Crippen molar-refractivity contribution in [3.8, 4) is 0 Å². The van der Waals surface area contributed by atoms with Gasteiger partial charge in [-0.25, -0.2) is 9.69 Å². The van der Waals surface area contributed by atoms with Gasteiger partial charge in [-0.3, -0.25) is 14.5 Å². The highest BCUT2D eigenvalue weighted by Gasteiger charge is 2.46. The van der Waals surface area contributed by atoms with E-state index in [2.05, 4.69) is 0 Å². The fourth-order valence-corrected chi connectivity index (χ4v) is 3.94. The Morgan fingerprint density at radius 1 is 0.622 bits per heavy atom. The van der Waals surface area contributed by atoms with Crippen LogP contribution in [0.1, 0.15) is 22.3 Å². The zero-order chi connectivity index (χ0) is 27.0. The third-order valence-electron chi connectivity index (χ3n) is 5.86. The molecule has 1 saturated heterocycles. The number of rotatable bonds is 5. The van der Waals surface area contributed by atoms with E-state index in [4.69, 9.17) is 0 Å². The molecule has 1 unspecified atom stereocenters. The highest BCUT2D eigenvalue weighted by molar-refractivity contribution is 6.27. The molecular formula is C26H18F6N2O3. The van der Waals surface area contributed by atoms with Crippen molar-refractivity contribution >= 4 is 23.5 Å². The van der Waals surface area contributed by atoms with Crippen molar-refractivity contribution in [2.24, 2.45) is 5.92 Å². The van der Waals surface area contributed by atoms with Crippen LogP contribution in [0.3, 0.4) is 0 Å². The van der Waals surface area contributed by atoms with Crippen LogP contribution < -0.4 is 4.90 Å². The van der Waals surface area contributed by atoms with Gasteiger partial charge in [-0.2, -0.15) is 26.3 Å². The standard InChI is InChI=1S/C26H18F6N2O3/c27-25(28,29)18-10-6-16(7-11-18)14-21-22(35)33(15-17-8-12-19(13-9-17)26(30,31)32)24(37)34(23(21)36)20-4-2-1-3-5-20/h1-13,21H,14-15H2. The summed E-state index contributed by atoms with van der Waals surface area (Å²) in [7, 11) is 0. The smallest absolute Gasteiger partial charge is 0.273 e. The quantitative estimate of drug-likeness (QED) is 0.303. The molecule has 1 heterocycles. The maximum absolute atomic E-state index is 13.3. The van der Waals surface area contributed by atoms with E-state index in [0.29, 0.717) is 0 Å². The van der Waals surface area contributed by atoms with Crippen LogP contribution in [-0.4, -0.2) is 22.7 Å². The minimum absolute atomic E-state index is 0.167. The normalized spacial score (nSPS) is 16.9. The van der Waals surface area contributed by atoms with Crippen LogP contribution in [0.2, 0.25) is 0 Å². The predicted octanol–water partition coefficient (Wildman–Crippen LogP) is 6.08. The van der Waals surface area contributed by atoms with E-state index in [-0.39, 0.29) is 23.2 Å². The highest BCUT2D eigenvalue weighted by atomic mass is 19.4. The van der Waals surface area contributed by atoms with Gasteiger partial charge in [0.25, 0.3) is 0 Å². The van der Waals surface area contributed by atoms with Crippen LogP contribution in [0.5, 0.6) is 0 Å². The van der Waals surface area contributed by atoms with E-state index < -0.39 is 53.8 Å². The second kappa shape index (κ2) is 9.72. The molecule has 0 spiro atoms. The first kappa shape index (κ1) is 25.9. The molecule has 1 fully saturated rings. The number of imide groups is 2. The maximum Gasteiger partial charge on any atom is 0.416 e. The summed E-state index contributed by atoms with van der Waals surface area (Å²) in [5, 5.41) is 0. The van der Waals surface area contributed by atoms with Gasteiger partial charge in [0, 0.05) is 0 Å². The van der Waals surface area contributed by atoms with Gasteiger partial charge >= 0.3 is 18.4 Å². The summed E-state index contributed by atoms with van der Waals surface area (Å²) >= 11 is 0. The fourth-order valence-electron chi connectivity index (χ4n) is 3.94. The van der Waals surface area contributed by atoms with Gasteiger partial charge in [-0.05, 0) is 53.9 Å². The molecule has 37 heavy (non-hydrogen) atoms. The van der Waals surface area contributed by atoms with E-state index in [9.17, 15) is 40.7 Å². The lowest BCUT2D eigenvalue weighted by atomic mass is 9.93. The fraction of sp³-hybridized carbons (Fsp3) is 0.192. The number of halogens is 6. The number of amides is 4. The van der Waals surface area contributed by atoms with E-state index in [1.807, 2.05) is 0 Å². The Hall–Kier alpha value is -4.15. The van der Waals surface area contributed by atoms with Gasteiger partial charge < -0.3 is 0 Å². The lowest BCUT2D eigenvalue weighted by Crippen LogP contribution is -2.60. The number of urea groups is 1. The number of para-hydroxylation sites is 1. The Bertz CT molecular complexity index is 1220. The Morgan fingerprint density at radius 3 is 1.59 bits per heavy atom. The minimum Gasteiger partial charge on any atom is -0.273 e. The number of hydrogen-bond donors (Lipinski definition) is 0. The van der Waals surface area contributed by atoms with Crippen LogP contribution in [0.25, 0.3) is 0 Å². The second-order valence-electron chi connectivity index (χ2n) is 8.36. The summed E-state index contributed by atoms with van der Waals surface area (Å²) in [6.07, 6.45) is -9.42. The van der Waals surface area contributed by atoms with Gasteiger partial charge in [-0.15, -0.1) is 0 Å². The van der Waals surface area contributed by atoms with Crippen molar-refractivity contribution in [3.63, 3.8) is 0 Å². The zero-order valence-corrected chi connectivity index (χ0v) is 18.9. The van der Waals surface area contributed by atoms with Crippen molar-refractivity contribution in [3.05, 3.63) is 101 Å². The highest BCUT2D eigenvalue weighted by Crippen LogP contribution is 2.32. The molecule has 3 aromatic carbocycles. The molecule has 0 N–H and O–H groups in total. The summed E-state index contributed by atoms with van der Waals surface area (Å²) in [5.41, 5.74) is -1.17. The first-order valence-electron chi connectivity index (χ1n) is 10.9. The van der Waals surface area contributed by atoms with E-state index >= 15 is 0 Å². The van der Waals surface area contributed by atoms with Gasteiger partial charge in [0.1, 0.15) is 5.92 Å². The summed E-state index contributed by atoms with van der Waals surface area (Å²) in [5.74, 6) is -3.20. The lowest BCUT2D eigenvalue weighted by Gasteiger charge is -2.37. The van der Waals surface area contributed by atoms with E-state index in [1.54, 1.807) is 18.2 Å². The van der Waals surface area contributed by atoms with Crippen LogP contribution in [-0.2, 0) is 34.9 Å². The first-order chi connectivity index (χ1) is 17.4. The molecule has 0 saturated carbocycles. The van der Waals surface area contributed by atoms with Crippen molar-refractivity contribution in [1.82, 2.24) is 4.90 Å². The summed E-state index contributed by atoms with van der Waals surface area (Å²) in [6, 6.07) is 14.6. The van der Waals surface area contributed by atoms with Crippen molar-refractivity contribution < 1.29 is 40.7 Å². The summed E-state index contributed by atoms with van der Waals surface area (Å²) < 4.78 is 77.5. The molecular weight excluding hydrogens is 502 g/mol. The number of hydrogen-bond acceptors (Lipinski definition) is 3. The average molecular weight is 520 g/mol. The molecule has 4 amide bonds. The van der Waals surface area contributed by atoms with Gasteiger partial charge in [-0.1, -0.05) is 42.5 Å². The summed E-state index contributed by atoms with van der Waals surface area (Å²) in [6.45, 7) is -0.407. The Balaban J connectivity index is 1.66. The zero-order valence-electron chi connectivity index (χ0n) is 18.9. The molecule has 0 bridgehead atoms. The van der Waals surface area contributed by atoms with Gasteiger partial charge in [0.05, 0.1) is 23.4 Å². The van der Waals surface area contributed by atoms with Gasteiger partial charge in [0.2, 0.25) is 11.8 Å². The largest absolute Gasteiger partial charge is 0.416 e. The number of nitrogens with zero attached hydrogens (tertiary/aromatic N) is 2. The molecule has 3 aromatic rings. The van der Waals surface area contributed by atoms with Crippen LogP contribution >= 0.6 is 0 Å². The monoisotopic (exact) mass is 520 g/mol. The van der Waals surface area contributed by atoms with E-state index in [0.717, 1.165) is 58.3 Å². The number of benzene rings is 3. The SMILES string of the molecule is O=C1C(Cc2ccc(C(F)(F)F)cc2)C(=O)N(c2ccccc2)C(=O)N1Cc1ccc(C(F)(F)F)cc1. The Labute approximate surface area is 206 Å². The molecule has 1 aliphatic rings. The maximum atomic E-state index is 13.3. The van der Waals surface area contributed by atoms with Gasteiger partial charge in [0.15, 0.2) is 0 Å². The van der Waals surface area contributed by atoms with Crippen LogP contribution in [0, 0.1) is 5.92 Å². The molecule has 0 aromatic heterocycles. The number of barbiturate groups is 1. The summed E-state index contributed by atoms with van der Waals surface area (Å²) in [4.78, 5) is 41.3. The molecule has 1 aliphatic heterocycles. The third-order valence-corrected chi connectivity index (χ3v) is 5.86. The minimum atomic E-state index is -4.57. The number of carbonyl (C=O) groups excluding carboxylic acids is 3. The molecule has 11 heteroatoms.